The molecule has 2 unspecified atom stereocenters. The highest BCUT2D eigenvalue weighted by molar-refractivity contribution is 5.10. The first-order valence-corrected chi connectivity index (χ1v) is 6.34. The maximum Gasteiger partial charge on any atom is 0.0774 e. The molecule has 1 saturated carbocycles. The van der Waals surface area contributed by atoms with Crippen LogP contribution in [-0.4, -0.2) is 33.7 Å². The first kappa shape index (κ1) is 12.5. The zero-order valence-corrected chi connectivity index (χ0v) is 11.0. The summed E-state index contributed by atoms with van der Waals surface area (Å²) >= 11 is 0. The molecular weight excluding hydrogens is 212 g/mol. The number of nitrogens with zero attached hydrogens (tertiary/aromatic N) is 2. The van der Waals surface area contributed by atoms with Crippen molar-refractivity contribution in [2.45, 2.75) is 51.3 Å². The number of hydrogen-bond donors (Lipinski definition) is 1. The summed E-state index contributed by atoms with van der Waals surface area (Å²) in [5.74, 6) is 0. The van der Waals surface area contributed by atoms with E-state index in [1.807, 2.05) is 32.0 Å². The van der Waals surface area contributed by atoms with Crippen molar-refractivity contribution < 1.29 is 5.11 Å². The van der Waals surface area contributed by atoms with Crippen LogP contribution < -0.4 is 0 Å². The lowest BCUT2D eigenvalue weighted by atomic mass is 9.99. The second-order valence-corrected chi connectivity index (χ2v) is 5.45. The van der Waals surface area contributed by atoms with Crippen LogP contribution in [0.1, 0.15) is 37.6 Å². The van der Waals surface area contributed by atoms with Crippen molar-refractivity contribution in [3.8, 4) is 0 Å². The van der Waals surface area contributed by atoms with Crippen molar-refractivity contribution in [3.63, 3.8) is 0 Å². The number of pyridine rings is 1. The predicted octanol–water partition coefficient (Wildman–Crippen LogP) is 2.13. The fourth-order valence-corrected chi connectivity index (χ4v) is 2.88. The fraction of sp³-hybridized carbons (Fsp3) is 0.643. The number of aryl methyl sites for hydroxylation is 1. The molecule has 0 bridgehead atoms. The van der Waals surface area contributed by atoms with E-state index < -0.39 is 5.60 Å². The van der Waals surface area contributed by atoms with Crippen molar-refractivity contribution in [3.05, 3.63) is 29.6 Å². The third-order valence-corrected chi connectivity index (χ3v) is 3.77. The van der Waals surface area contributed by atoms with Crippen LogP contribution in [0.15, 0.2) is 18.2 Å². The Kier molecular flexibility index (Phi) is 3.50. The second-order valence-electron chi connectivity index (χ2n) is 5.45. The highest BCUT2D eigenvalue weighted by atomic mass is 16.3. The molecule has 0 aliphatic heterocycles. The van der Waals surface area contributed by atoms with Gasteiger partial charge < -0.3 is 5.11 Å². The summed E-state index contributed by atoms with van der Waals surface area (Å²) in [7, 11) is 2.08. The average molecular weight is 234 g/mol. The van der Waals surface area contributed by atoms with E-state index in [0.29, 0.717) is 0 Å². The van der Waals surface area contributed by atoms with Gasteiger partial charge in [-0.25, -0.2) is 0 Å². The van der Waals surface area contributed by atoms with E-state index in [2.05, 4.69) is 16.9 Å². The maximum absolute atomic E-state index is 10.3. The Morgan fingerprint density at radius 2 is 2.29 bits per heavy atom. The Labute approximate surface area is 103 Å². The van der Waals surface area contributed by atoms with Gasteiger partial charge in [-0.15, -0.1) is 0 Å². The van der Waals surface area contributed by atoms with E-state index in [4.69, 9.17) is 0 Å². The lowest BCUT2D eigenvalue weighted by molar-refractivity contribution is -0.00694. The van der Waals surface area contributed by atoms with Crippen molar-refractivity contribution >= 4 is 0 Å². The zero-order chi connectivity index (χ0) is 12.5. The second kappa shape index (κ2) is 4.75. The number of rotatable bonds is 3. The summed E-state index contributed by atoms with van der Waals surface area (Å²) in [5.41, 5.74) is 1.59. The first-order chi connectivity index (χ1) is 7.99. The van der Waals surface area contributed by atoms with Gasteiger partial charge in [0.05, 0.1) is 11.3 Å². The summed E-state index contributed by atoms with van der Waals surface area (Å²) in [4.78, 5) is 6.74. The molecule has 2 rings (SSSR count). The largest absolute Gasteiger partial charge is 0.389 e. The molecule has 1 N–H and O–H groups in total. The minimum atomic E-state index is -0.543. The number of hydrogen-bond acceptors (Lipinski definition) is 3. The molecular formula is C14H22N2O. The molecule has 1 aromatic heterocycles. The van der Waals surface area contributed by atoms with E-state index in [1.54, 1.807) is 0 Å². The van der Waals surface area contributed by atoms with Gasteiger partial charge >= 0.3 is 0 Å². The summed E-state index contributed by atoms with van der Waals surface area (Å²) < 4.78 is 0. The molecule has 0 saturated heterocycles. The van der Waals surface area contributed by atoms with Crippen LogP contribution in [0.5, 0.6) is 0 Å². The average Bonchev–Trinajstić information content (AvgIpc) is 2.58. The van der Waals surface area contributed by atoms with Crippen LogP contribution in [0.2, 0.25) is 0 Å². The number of aromatic nitrogens is 1. The summed E-state index contributed by atoms with van der Waals surface area (Å²) in [6.07, 6.45) is 3.10. The Bertz CT molecular complexity index is 390. The Balaban J connectivity index is 2.04. The van der Waals surface area contributed by atoms with Gasteiger partial charge in [0, 0.05) is 18.3 Å². The van der Waals surface area contributed by atoms with Gasteiger partial charge in [0.2, 0.25) is 0 Å². The van der Waals surface area contributed by atoms with Gasteiger partial charge in [-0.1, -0.05) is 6.07 Å². The molecule has 0 spiro atoms. The lowest BCUT2D eigenvalue weighted by Crippen LogP contribution is -2.45. The van der Waals surface area contributed by atoms with Gasteiger partial charge in [-0.3, -0.25) is 9.88 Å². The molecule has 3 nitrogen and oxygen atoms in total. The molecule has 1 aliphatic rings. The van der Waals surface area contributed by atoms with Gasteiger partial charge in [0.25, 0.3) is 0 Å². The van der Waals surface area contributed by atoms with Gasteiger partial charge in [0.15, 0.2) is 0 Å². The quantitative estimate of drug-likeness (QED) is 0.870. The Morgan fingerprint density at radius 3 is 2.88 bits per heavy atom. The standard InChI is InChI=1S/C14H22N2O/c1-11-6-4-7-12(15-11)10-16(3)13-8-5-9-14(13,2)17/h4,6-7,13,17H,5,8-10H2,1-3H3. The molecule has 1 fully saturated rings. The fourth-order valence-electron chi connectivity index (χ4n) is 2.88. The third kappa shape index (κ3) is 2.85. The number of likely N-dealkylation sites (N-methyl/N-ethyl adjacent to an activating group) is 1. The minimum absolute atomic E-state index is 0.254. The van der Waals surface area contributed by atoms with Crippen LogP contribution in [-0.2, 0) is 6.54 Å². The van der Waals surface area contributed by atoms with Crippen LogP contribution in [0.3, 0.4) is 0 Å². The monoisotopic (exact) mass is 234 g/mol. The normalized spacial score (nSPS) is 28.9. The molecule has 1 aliphatic carbocycles. The predicted molar refractivity (Wildman–Crippen MR) is 68.7 cm³/mol. The van der Waals surface area contributed by atoms with E-state index in [-0.39, 0.29) is 6.04 Å². The molecule has 0 radical (unpaired) electrons. The molecule has 1 heterocycles. The van der Waals surface area contributed by atoms with Crippen LogP contribution in [0.25, 0.3) is 0 Å². The Morgan fingerprint density at radius 1 is 1.53 bits per heavy atom. The smallest absolute Gasteiger partial charge is 0.0774 e. The zero-order valence-electron chi connectivity index (χ0n) is 11.0. The molecule has 3 heteroatoms. The van der Waals surface area contributed by atoms with Crippen molar-refractivity contribution in [2.24, 2.45) is 0 Å². The lowest BCUT2D eigenvalue weighted by Gasteiger charge is -2.33. The number of aliphatic hydroxyl groups is 1. The minimum Gasteiger partial charge on any atom is -0.389 e. The van der Waals surface area contributed by atoms with Gasteiger partial charge in [0.1, 0.15) is 0 Å². The van der Waals surface area contributed by atoms with E-state index in [9.17, 15) is 5.11 Å². The van der Waals surface area contributed by atoms with Gasteiger partial charge in [-0.2, -0.15) is 0 Å². The molecule has 2 atom stereocenters. The summed E-state index contributed by atoms with van der Waals surface area (Å²) in [6, 6.07) is 6.35. The third-order valence-electron chi connectivity index (χ3n) is 3.77. The molecule has 0 aromatic carbocycles. The van der Waals surface area contributed by atoms with Crippen LogP contribution in [0.4, 0.5) is 0 Å². The van der Waals surface area contributed by atoms with Gasteiger partial charge in [-0.05, 0) is 52.3 Å². The highest BCUT2D eigenvalue weighted by Gasteiger charge is 2.39. The molecule has 0 amide bonds. The van der Waals surface area contributed by atoms with E-state index >= 15 is 0 Å². The summed E-state index contributed by atoms with van der Waals surface area (Å²) in [6.45, 7) is 4.77. The maximum atomic E-state index is 10.3. The molecule has 94 valence electrons. The molecule has 17 heavy (non-hydrogen) atoms. The topological polar surface area (TPSA) is 36.4 Å². The highest BCUT2D eigenvalue weighted by Crippen LogP contribution is 2.33. The summed E-state index contributed by atoms with van der Waals surface area (Å²) in [5, 5.41) is 10.3. The van der Waals surface area contributed by atoms with E-state index in [1.165, 1.54) is 0 Å². The SMILES string of the molecule is Cc1cccc(CN(C)C2CCCC2(C)O)n1. The molecule has 1 aromatic rings. The van der Waals surface area contributed by atoms with Crippen LogP contribution >= 0.6 is 0 Å². The van der Waals surface area contributed by atoms with Crippen molar-refractivity contribution in [1.29, 1.82) is 0 Å². The van der Waals surface area contributed by atoms with Crippen molar-refractivity contribution in [1.82, 2.24) is 9.88 Å². The first-order valence-electron chi connectivity index (χ1n) is 6.34. The van der Waals surface area contributed by atoms with Crippen molar-refractivity contribution in [2.75, 3.05) is 7.05 Å². The van der Waals surface area contributed by atoms with E-state index in [0.717, 1.165) is 37.2 Å². The van der Waals surface area contributed by atoms with Crippen LogP contribution in [0, 0.1) is 6.92 Å². The Hall–Kier alpha value is -0.930.